The average molecular weight is 377 g/mol. The van der Waals surface area contributed by atoms with Crippen LogP contribution < -0.4 is 4.90 Å². The number of benzene rings is 1. The van der Waals surface area contributed by atoms with Gasteiger partial charge in [0.25, 0.3) is 0 Å². The molecule has 1 aromatic carbocycles. The van der Waals surface area contributed by atoms with Crippen LogP contribution in [0.1, 0.15) is 30.9 Å². The Morgan fingerprint density at radius 2 is 2.19 bits per heavy atom. The number of ether oxygens (including phenoxy) is 1. The minimum absolute atomic E-state index is 0.0399. The number of carbonyl (C=O) groups excluding carboxylic acids is 1. The number of nitrogens with one attached hydrogen (secondary N) is 1. The van der Waals surface area contributed by atoms with E-state index in [9.17, 15) is 4.79 Å². The Balaban J connectivity index is 1.75. The molecule has 7 nitrogen and oxygen atoms in total. The molecule has 0 aliphatic carbocycles. The zero-order valence-electron chi connectivity index (χ0n) is 15.6. The van der Waals surface area contributed by atoms with Gasteiger partial charge < -0.3 is 9.64 Å². The van der Waals surface area contributed by atoms with E-state index in [1.165, 1.54) is 4.90 Å². The number of aryl methyl sites for hydroxylation is 2. The number of esters is 1. The minimum atomic E-state index is -0.0904. The van der Waals surface area contributed by atoms with Crippen molar-refractivity contribution in [3.8, 4) is 5.69 Å². The molecule has 1 N–H and O–H groups in total. The highest BCUT2D eigenvalue weighted by Gasteiger charge is 2.30. The van der Waals surface area contributed by atoms with Crippen molar-refractivity contribution in [2.45, 2.75) is 40.3 Å². The molecule has 1 aliphatic heterocycles. The number of tetrazole rings is 1. The van der Waals surface area contributed by atoms with Gasteiger partial charge in [0.15, 0.2) is 6.67 Å². The topological polar surface area (TPSA) is 66.4 Å². The van der Waals surface area contributed by atoms with E-state index >= 15 is 0 Å². The standard InChI is InChI=1S/C18H25N5O2S/c1-4-25-17(24)15-6-5-9-21(11-15)12-22-18(26)23(20-19-22)16-10-13(2)7-8-14(16)3/h7-8,10,15H,4-6,9,11-12H2,1-3H3/p+1/t15-/m1/s1. The van der Waals surface area contributed by atoms with E-state index in [0.717, 1.165) is 42.7 Å². The summed E-state index contributed by atoms with van der Waals surface area (Å²) in [5, 5.41) is 8.51. The van der Waals surface area contributed by atoms with Gasteiger partial charge in [0.05, 0.1) is 25.4 Å². The second kappa shape index (κ2) is 8.09. The first-order valence-corrected chi connectivity index (χ1v) is 9.51. The van der Waals surface area contributed by atoms with Gasteiger partial charge in [0.1, 0.15) is 5.92 Å². The molecule has 1 aromatic heterocycles. The first kappa shape index (κ1) is 18.7. The number of hydrogen-bond donors (Lipinski definition) is 1. The molecule has 0 spiro atoms. The molecular formula is C18H26N5O2S+. The smallest absolute Gasteiger partial charge is 0.314 e. The molecule has 8 heteroatoms. The Morgan fingerprint density at radius 1 is 1.38 bits per heavy atom. The molecule has 2 atom stereocenters. The van der Waals surface area contributed by atoms with Crippen LogP contribution in [0.4, 0.5) is 0 Å². The Labute approximate surface area is 158 Å². The largest absolute Gasteiger partial charge is 0.466 e. The van der Waals surface area contributed by atoms with E-state index in [-0.39, 0.29) is 11.9 Å². The van der Waals surface area contributed by atoms with Crippen molar-refractivity contribution in [1.82, 2.24) is 19.8 Å². The summed E-state index contributed by atoms with van der Waals surface area (Å²) >= 11 is 5.60. The maximum absolute atomic E-state index is 12.0. The van der Waals surface area contributed by atoms with Crippen LogP contribution in [0.25, 0.3) is 5.69 Å². The number of hydrogen-bond acceptors (Lipinski definition) is 5. The quantitative estimate of drug-likeness (QED) is 0.628. The van der Waals surface area contributed by atoms with E-state index in [2.05, 4.69) is 28.6 Å². The van der Waals surface area contributed by atoms with Gasteiger partial charge in [-0.1, -0.05) is 12.1 Å². The summed E-state index contributed by atoms with van der Waals surface area (Å²) < 4.78 is 9.21. The van der Waals surface area contributed by atoms with E-state index in [1.807, 2.05) is 20.8 Å². The molecule has 1 saturated heterocycles. The Morgan fingerprint density at radius 3 is 2.96 bits per heavy atom. The molecule has 1 unspecified atom stereocenters. The van der Waals surface area contributed by atoms with Crippen LogP contribution in [0.2, 0.25) is 0 Å². The number of quaternary nitrogens is 1. The van der Waals surface area contributed by atoms with Gasteiger partial charge in [-0.15, -0.1) is 0 Å². The number of likely N-dealkylation sites (tertiary alicyclic amines) is 1. The molecule has 0 saturated carbocycles. The molecule has 1 fully saturated rings. The van der Waals surface area contributed by atoms with E-state index in [0.29, 0.717) is 18.0 Å². The van der Waals surface area contributed by atoms with Crippen LogP contribution in [0.5, 0.6) is 0 Å². The van der Waals surface area contributed by atoms with E-state index in [1.54, 1.807) is 9.36 Å². The van der Waals surface area contributed by atoms with Crippen molar-refractivity contribution in [3.05, 3.63) is 34.1 Å². The molecule has 2 aromatic rings. The summed E-state index contributed by atoms with van der Waals surface area (Å²) in [6, 6.07) is 6.19. The summed E-state index contributed by atoms with van der Waals surface area (Å²) in [5.41, 5.74) is 3.21. The maximum Gasteiger partial charge on any atom is 0.314 e. The first-order valence-electron chi connectivity index (χ1n) is 9.10. The van der Waals surface area contributed by atoms with Crippen molar-refractivity contribution in [2.75, 3.05) is 19.7 Å². The third kappa shape index (κ3) is 4.02. The highest BCUT2D eigenvalue weighted by atomic mass is 32.1. The summed E-state index contributed by atoms with van der Waals surface area (Å²) in [6.45, 7) is 8.71. The monoisotopic (exact) mass is 376 g/mol. The van der Waals surface area contributed by atoms with Crippen molar-refractivity contribution in [1.29, 1.82) is 0 Å². The number of carbonyl (C=O) groups is 1. The lowest BCUT2D eigenvalue weighted by Gasteiger charge is -2.28. The van der Waals surface area contributed by atoms with E-state index in [4.69, 9.17) is 17.0 Å². The molecule has 2 heterocycles. The average Bonchev–Trinajstić information content (AvgIpc) is 2.98. The third-order valence-corrected chi connectivity index (χ3v) is 5.23. The van der Waals surface area contributed by atoms with Crippen molar-refractivity contribution in [3.63, 3.8) is 0 Å². The third-order valence-electron chi connectivity index (χ3n) is 4.84. The molecule has 3 rings (SSSR count). The van der Waals surface area contributed by atoms with Crippen LogP contribution in [-0.4, -0.2) is 45.5 Å². The molecule has 0 radical (unpaired) electrons. The number of rotatable bonds is 5. The van der Waals surface area contributed by atoms with Gasteiger partial charge in [-0.25, -0.2) is 0 Å². The van der Waals surface area contributed by atoms with Gasteiger partial charge in [-0.3, -0.25) is 4.79 Å². The number of aromatic nitrogens is 4. The molecule has 140 valence electrons. The highest BCUT2D eigenvalue weighted by Crippen LogP contribution is 2.15. The fourth-order valence-corrected chi connectivity index (χ4v) is 3.68. The number of nitrogens with zero attached hydrogens (tertiary/aromatic N) is 4. The van der Waals surface area contributed by atoms with Gasteiger partial charge in [0, 0.05) is 0 Å². The lowest BCUT2D eigenvalue weighted by Crippen LogP contribution is -3.13. The molecule has 1 aliphatic rings. The highest BCUT2D eigenvalue weighted by molar-refractivity contribution is 7.71. The van der Waals surface area contributed by atoms with Crippen LogP contribution in [0.15, 0.2) is 18.2 Å². The van der Waals surface area contributed by atoms with Crippen LogP contribution in [0, 0.1) is 24.5 Å². The van der Waals surface area contributed by atoms with Crippen LogP contribution >= 0.6 is 12.2 Å². The summed E-state index contributed by atoms with van der Waals surface area (Å²) in [7, 11) is 0. The van der Waals surface area contributed by atoms with Gasteiger partial charge >= 0.3 is 5.97 Å². The molecule has 0 amide bonds. The minimum Gasteiger partial charge on any atom is -0.466 e. The Kier molecular flexibility index (Phi) is 5.83. The molecular weight excluding hydrogens is 350 g/mol. The van der Waals surface area contributed by atoms with E-state index < -0.39 is 0 Å². The van der Waals surface area contributed by atoms with Gasteiger partial charge in [-0.2, -0.15) is 9.36 Å². The van der Waals surface area contributed by atoms with Gasteiger partial charge in [0.2, 0.25) is 4.77 Å². The molecule has 0 bridgehead atoms. The van der Waals surface area contributed by atoms with Crippen LogP contribution in [0.3, 0.4) is 0 Å². The Hall–Kier alpha value is -2.06. The van der Waals surface area contributed by atoms with Gasteiger partial charge in [-0.05, 0) is 73.5 Å². The second-order valence-electron chi connectivity index (χ2n) is 6.92. The normalized spacial score (nSPS) is 20.1. The number of piperidine rings is 1. The summed E-state index contributed by atoms with van der Waals surface area (Å²) in [4.78, 5) is 13.3. The maximum atomic E-state index is 12.0. The SMILES string of the molecule is CCOC(=O)[C@@H]1CCC[NH+](Cn2nnn(-c3cc(C)ccc3C)c2=S)C1. The summed E-state index contributed by atoms with van der Waals surface area (Å²) in [6.07, 6.45) is 1.89. The molecule has 26 heavy (non-hydrogen) atoms. The van der Waals surface area contributed by atoms with Crippen molar-refractivity contribution >= 4 is 18.2 Å². The predicted octanol–water partition coefficient (Wildman–Crippen LogP) is 1.23. The Bertz CT molecular complexity index is 844. The van der Waals surface area contributed by atoms with Crippen molar-refractivity contribution in [2.24, 2.45) is 5.92 Å². The fraction of sp³-hybridized carbons (Fsp3) is 0.556. The lowest BCUT2D eigenvalue weighted by atomic mass is 9.99. The lowest BCUT2D eigenvalue weighted by molar-refractivity contribution is -0.930. The zero-order valence-corrected chi connectivity index (χ0v) is 16.4. The zero-order chi connectivity index (χ0) is 18.7. The fourth-order valence-electron chi connectivity index (χ4n) is 3.44. The van der Waals surface area contributed by atoms with Crippen LogP contribution in [-0.2, 0) is 16.2 Å². The first-order chi connectivity index (χ1) is 12.5. The second-order valence-corrected chi connectivity index (χ2v) is 7.28. The van der Waals surface area contributed by atoms with Crippen molar-refractivity contribution < 1.29 is 14.4 Å². The predicted molar refractivity (Wildman–Crippen MR) is 99.7 cm³/mol. The summed E-state index contributed by atoms with van der Waals surface area (Å²) in [5.74, 6) is -0.130.